The van der Waals surface area contributed by atoms with Crippen LogP contribution in [0.25, 0.3) is 0 Å². The zero-order valence-corrected chi connectivity index (χ0v) is 14.1. The minimum atomic E-state index is -0.898. The number of esters is 1. The van der Waals surface area contributed by atoms with E-state index in [-0.39, 0.29) is 12.0 Å². The molecule has 1 aromatic heterocycles. The predicted octanol–water partition coefficient (Wildman–Crippen LogP) is 1.03. The third kappa shape index (κ3) is 4.81. The molecule has 0 aliphatic heterocycles. The van der Waals surface area contributed by atoms with Crippen molar-refractivity contribution in [1.82, 2.24) is 10.3 Å². The average Bonchev–Trinajstić information content (AvgIpc) is 2.52. The highest BCUT2D eigenvalue weighted by Gasteiger charge is 2.18. The summed E-state index contributed by atoms with van der Waals surface area (Å²) in [4.78, 5) is 37.8. The van der Waals surface area contributed by atoms with Crippen molar-refractivity contribution in [3.8, 4) is 6.07 Å². The summed E-state index contributed by atoms with van der Waals surface area (Å²) in [5.74, 6) is -0.925. The first-order chi connectivity index (χ1) is 11.3. The number of nitrogens with zero attached hydrogens (tertiary/aromatic N) is 1. The van der Waals surface area contributed by atoms with Gasteiger partial charge < -0.3 is 15.0 Å². The monoisotopic (exact) mass is 331 g/mol. The first-order valence-electron chi connectivity index (χ1n) is 7.52. The van der Waals surface area contributed by atoms with Crippen molar-refractivity contribution in [2.45, 2.75) is 39.7 Å². The second-order valence-corrected chi connectivity index (χ2v) is 5.34. The van der Waals surface area contributed by atoms with Crippen LogP contribution in [0.5, 0.6) is 0 Å². The van der Waals surface area contributed by atoms with Crippen molar-refractivity contribution in [2.75, 3.05) is 6.54 Å². The third-order valence-corrected chi connectivity index (χ3v) is 3.60. The van der Waals surface area contributed by atoms with Gasteiger partial charge in [-0.2, -0.15) is 5.26 Å². The van der Waals surface area contributed by atoms with Gasteiger partial charge in [0.1, 0.15) is 11.6 Å². The van der Waals surface area contributed by atoms with E-state index in [0.717, 1.165) is 5.56 Å². The molecule has 0 aromatic carbocycles. The fourth-order valence-corrected chi connectivity index (χ4v) is 2.27. The molecule has 0 radical (unpaired) electrons. The zero-order valence-electron chi connectivity index (χ0n) is 14.1. The molecule has 1 amide bonds. The van der Waals surface area contributed by atoms with E-state index < -0.39 is 23.5 Å². The first kappa shape index (κ1) is 19.2. The maximum absolute atomic E-state index is 11.9. The van der Waals surface area contributed by atoms with Crippen LogP contribution in [-0.2, 0) is 20.7 Å². The Labute approximate surface area is 140 Å². The second kappa shape index (κ2) is 8.67. The number of hydrogen-bond acceptors (Lipinski definition) is 5. The number of amides is 1. The lowest BCUT2D eigenvalue weighted by atomic mass is 9.99. The van der Waals surface area contributed by atoms with E-state index in [1.165, 1.54) is 13.0 Å². The summed E-state index contributed by atoms with van der Waals surface area (Å²) in [6.45, 7) is 8.65. The van der Waals surface area contributed by atoms with Crippen LogP contribution < -0.4 is 10.9 Å². The van der Waals surface area contributed by atoms with Crippen LogP contribution in [0.3, 0.4) is 0 Å². The number of aromatic amines is 1. The molecule has 1 aromatic rings. The molecule has 128 valence electrons. The van der Waals surface area contributed by atoms with Gasteiger partial charge in [-0.25, -0.2) is 0 Å². The number of pyridine rings is 1. The van der Waals surface area contributed by atoms with Crippen LogP contribution in [-0.4, -0.2) is 29.5 Å². The van der Waals surface area contributed by atoms with Crippen molar-refractivity contribution in [2.24, 2.45) is 0 Å². The van der Waals surface area contributed by atoms with Crippen LogP contribution in [0.2, 0.25) is 0 Å². The highest BCUT2D eigenvalue weighted by atomic mass is 16.5. The van der Waals surface area contributed by atoms with Gasteiger partial charge in [-0.15, -0.1) is 6.58 Å². The maximum Gasteiger partial charge on any atom is 0.306 e. The summed E-state index contributed by atoms with van der Waals surface area (Å²) in [7, 11) is 0. The first-order valence-corrected chi connectivity index (χ1v) is 7.52. The van der Waals surface area contributed by atoms with Crippen LogP contribution >= 0.6 is 0 Å². The Morgan fingerprint density at radius 1 is 1.46 bits per heavy atom. The number of nitrogens with one attached hydrogen (secondary N) is 2. The minimum Gasteiger partial charge on any atom is -0.453 e. The summed E-state index contributed by atoms with van der Waals surface area (Å²) in [5, 5.41) is 11.6. The normalized spacial score (nSPS) is 11.2. The molecule has 0 fully saturated rings. The molecule has 0 aliphatic rings. The van der Waals surface area contributed by atoms with E-state index >= 15 is 0 Å². The van der Waals surface area contributed by atoms with Crippen molar-refractivity contribution in [1.29, 1.82) is 5.26 Å². The van der Waals surface area contributed by atoms with E-state index in [1.807, 2.05) is 6.07 Å². The van der Waals surface area contributed by atoms with Crippen LogP contribution in [0.15, 0.2) is 17.4 Å². The molecule has 24 heavy (non-hydrogen) atoms. The minimum absolute atomic E-state index is 0.0394. The van der Waals surface area contributed by atoms with Crippen LogP contribution in [0, 0.1) is 25.2 Å². The van der Waals surface area contributed by atoms with E-state index in [9.17, 15) is 14.4 Å². The Kier molecular flexibility index (Phi) is 6.93. The van der Waals surface area contributed by atoms with Gasteiger partial charge in [-0.1, -0.05) is 6.08 Å². The van der Waals surface area contributed by atoms with Crippen molar-refractivity contribution in [3.05, 3.63) is 45.4 Å². The van der Waals surface area contributed by atoms with Crippen molar-refractivity contribution in [3.63, 3.8) is 0 Å². The summed E-state index contributed by atoms with van der Waals surface area (Å²) in [6.07, 6.45) is 0.978. The quantitative estimate of drug-likeness (QED) is 0.572. The number of ether oxygens (including phenoxy) is 1. The molecule has 0 unspecified atom stereocenters. The molecule has 0 spiro atoms. The van der Waals surface area contributed by atoms with Crippen LogP contribution in [0.1, 0.15) is 35.7 Å². The van der Waals surface area contributed by atoms with E-state index in [4.69, 9.17) is 10.00 Å². The molecular formula is C17H21N3O4. The lowest BCUT2D eigenvalue weighted by Gasteiger charge is -2.14. The van der Waals surface area contributed by atoms with E-state index in [2.05, 4.69) is 16.9 Å². The fourth-order valence-electron chi connectivity index (χ4n) is 2.27. The SMILES string of the molecule is C=CCNC(=O)[C@@H](C)OC(=O)CCc1c(C)[nH]c(=O)c(C#N)c1C. The average molecular weight is 331 g/mol. The molecule has 0 saturated heterocycles. The summed E-state index contributed by atoms with van der Waals surface area (Å²) in [5.41, 5.74) is 1.50. The second-order valence-electron chi connectivity index (χ2n) is 5.34. The Morgan fingerprint density at radius 2 is 2.12 bits per heavy atom. The molecule has 2 N–H and O–H groups in total. The largest absolute Gasteiger partial charge is 0.453 e. The molecule has 1 atom stereocenters. The van der Waals surface area contributed by atoms with Gasteiger partial charge in [0.25, 0.3) is 11.5 Å². The Hall–Kier alpha value is -2.88. The number of carbonyl (C=O) groups excluding carboxylic acids is 2. The Morgan fingerprint density at radius 3 is 2.71 bits per heavy atom. The number of aryl methyl sites for hydroxylation is 1. The lowest BCUT2D eigenvalue weighted by molar-refractivity contribution is -0.154. The zero-order chi connectivity index (χ0) is 18.3. The van der Waals surface area contributed by atoms with Crippen molar-refractivity contribution >= 4 is 11.9 Å². The topological polar surface area (TPSA) is 112 Å². The Balaban J connectivity index is 2.72. The van der Waals surface area contributed by atoms with Gasteiger partial charge >= 0.3 is 5.97 Å². The molecular weight excluding hydrogens is 310 g/mol. The molecule has 7 heteroatoms. The number of carbonyl (C=O) groups is 2. The molecule has 0 aliphatic carbocycles. The summed E-state index contributed by atoms with van der Waals surface area (Å²) >= 11 is 0. The number of nitriles is 1. The molecule has 0 bridgehead atoms. The van der Waals surface area contributed by atoms with Gasteiger partial charge in [0.15, 0.2) is 6.10 Å². The number of hydrogen-bond donors (Lipinski definition) is 2. The highest BCUT2D eigenvalue weighted by Crippen LogP contribution is 2.15. The van der Waals surface area contributed by atoms with E-state index in [0.29, 0.717) is 24.2 Å². The Bertz CT molecular complexity index is 743. The molecule has 1 heterocycles. The molecule has 1 rings (SSSR count). The van der Waals surface area contributed by atoms with Gasteiger partial charge in [0.05, 0.1) is 0 Å². The van der Waals surface area contributed by atoms with Gasteiger partial charge in [0.2, 0.25) is 0 Å². The fraction of sp³-hybridized carbons (Fsp3) is 0.412. The molecule has 7 nitrogen and oxygen atoms in total. The number of rotatable bonds is 7. The van der Waals surface area contributed by atoms with Gasteiger partial charge in [0, 0.05) is 18.7 Å². The maximum atomic E-state index is 11.9. The van der Waals surface area contributed by atoms with Crippen molar-refractivity contribution < 1.29 is 14.3 Å². The summed E-state index contributed by atoms with van der Waals surface area (Å²) < 4.78 is 5.07. The van der Waals surface area contributed by atoms with E-state index in [1.54, 1.807) is 13.8 Å². The number of aromatic nitrogens is 1. The lowest BCUT2D eigenvalue weighted by Crippen LogP contribution is -2.35. The smallest absolute Gasteiger partial charge is 0.306 e. The standard InChI is InChI=1S/C17H21N3O4/c1-5-8-19-16(22)12(4)24-15(21)7-6-13-10(2)14(9-18)17(23)20-11(13)3/h5,12H,1,6-8H2,2-4H3,(H,19,22)(H,20,23)/t12-/m1/s1. The summed E-state index contributed by atoms with van der Waals surface area (Å²) in [6, 6.07) is 1.86. The van der Waals surface area contributed by atoms with Gasteiger partial charge in [-0.05, 0) is 38.3 Å². The predicted molar refractivity (Wildman–Crippen MR) is 88.3 cm³/mol. The van der Waals surface area contributed by atoms with Crippen LogP contribution in [0.4, 0.5) is 0 Å². The van der Waals surface area contributed by atoms with Gasteiger partial charge in [-0.3, -0.25) is 14.4 Å². The third-order valence-electron chi connectivity index (χ3n) is 3.60. The molecule has 0 saturated carbocycles. The highest BCUT2D eigenvalue weighted by molar-refractivity contribution is 5.83. The number of H-pyrrole nitrogens is 1.